The van der Waals surface area contributed by atoms with Crippen LogP contribution < -0.4 is 10.6 Å². The largest absolute Gasteiger partial charge is 0.381 e. The maximum atomic E-state index is 11.9. The van der Waals surface area contributed by atoms with E-state index >= 15 is 0 Å². The van der Waals surface area contributed by atoms with Gasteiger partial charge >= 0.3 is 0 Å². The summed E-state index contributed by atoms with van der Waals surface area (Å²) in [5.74, 6) is 0.198. The zero-order valence-electron chi connectivity index (χ0n) is 15.9. The first-order chi connectivity index (χ1) is 13.1. The molecule has 0 saturated carbocycles. The van der Waals surface area contributed by atoms with Gasteiger partial charge in [-0.2, -0.15) is 0 Å². The normalized spacial score (nSPS) is 11.3. The molecule has 2 aromatic rings. The Bertz CT molecular complexity index is 987. The zero-order valence-corrected chi connectivity index (χ0v) is 16.7. The summed E-state index contributed by atoms with van der Waals surface area (Å²) in [5.41, 5.74) is 1.52. The van der Waals surface area contributed by atoms with E-state index in [0.717, 1.165) is 11.8 Å². The van der Waals surface area contributed by atoms with Crippen LogP contribution >= 0.6 is 0 Å². The van der Waals surface area contributed by atoms with E-state index in [1.807, 2.05) is 26.0 Å². The lowest BCUT2D eigenvalue weighted by molar-refractivity contribution is -0.387. The Morgan fingerprint density at radius 3 is 2.46 bits per heavy atom. The summed E-state index contributed by atoms with van der Waals surface area (Å²) < 4.78 is 23.7. The molecule has 0 unspecified atom stereocenters. The molecule has 2 rings (SSSR count). The molecule has 150 valence electrons. The van der Waals surface area contributed by atoms with Crippen molar-refractivity contribution in [2.24, 2.45) is 5.92 Å². The van der Waals surface area contributed by atoms with Crippen LogP contribution in [-0.2, 0) is 21.2 Å². The topological polar surface area (TPSA) is 118 Å². The number of carbonyl (C=O) groups is 1. The van der Waals surface area contributed by atoms with Crippen LogP contribution in [0.3, 0.4) is 0 Å². The van der Waals surface area contributed by atoms with Gasteiger partial charge in [-0.15, -0.1) is 0 Å². The smallest absolute Gasteiger partial charge is 0.288 e. The fourth-order valence-corrected chi connectivity index (χ4v) is 3.48. The molecule has 0 bridgehead atoms. The van der Waals surface area contributed by atoms with Gasteiger partial charge in [0.2, 0.25) is 5.91 Å². The molecule has 0 aliphatic carbocycles. The number of nitrogens with zero attached hydrogens (tertiary/aromatic N) is 1. The summed E-state index contributed by atoms with van der Waals surface area (Å²) in [5, 5.41) is 16.9. The van der Waals surface area contributed by atoms with Crippen LogP contribution in [0.4, 0.5) is 17.1 Å². The van der Waals surface area contributed by atoms with Crippen molar-refractivity contribution in [3.63, 3.8) is 0 Å². The minimum Gasteiger partial charge on any atom is -0.381 e. The highest BCUT2D eigenvalue weighted by atomic mass is 32.2. The molecule has 0 fully saturated rings. The van der Waals surface area contributed by atoms with Crippen LogP contribution in [0, 0.1) is 16.0 Å². The second kappa shape index (κ2) is 8.83. The molecular weight excluding hydrogens is 382 g/mol. The van der Waals surface area contributed by atoms with Crippen LogP contribution in [0.15, 0.2) is 47.4 Å². The number of nitrogens with one attached hydrogen (secondary N) is 2. The number of rotatable bonds is 8. The van der Waals surface area contributed by atoms with Crippen molar-refractivity contribution in [2.75, 3.05) is 16.9 Å². The van der Waals surface area contributed by atoms with E-state index in [4.69, 9.17) is 0 Å². The van der Waals surface area contributed by atoms with Gasteiger partial charge in [0.25, 0.3) is 5.69 Å². The van der Waals surface area contributed by atoms with Crippen molar-refractivity contribution in [3.05, 3.63) is 58.1 Å². The first kappa shape index (κ1) is 21.4. The molecule has 0 aliphatic rings. The summed E-state index contributed by atoms with van der Waals surface area (Å²) >= 11 is 0. The van der Waals surface area contributed by atoms with Gasteiger partial charge in [-0.25, -0.2) is 8.42 Å². The average Bonchev–Trinajstić information content (AvgIpc) is 2.58. The minimum atomic E-state index is -3.74. The van der Waals surface area contributed by atoms with Gasteiger partial charge in [-0.05, 0) is 35.7 Å². The maximum Gasteiger partial charge on any atom is 0.288 e. The van der Waals surface area contributed by atoms with Crippen molar-refractivity contribution in [1.82, 2.24) is 0 Å². The van der Waals surface area contributed by atoms with Crippen LogP contribution in [0.2, 0.25) is 0 Å². The summed E-state index contributed by atoms with van der Waals surface area (Å²) in [7, 11) is -3.74. The number of benzene rings is 2. The zero-order chi connectivity index (χ0) is 20.9. The lowest BCUT2D eigenvalue weighted by Crippen LogP contribution is -2.14. The summed E-state index contributed by atoms with van der Waals surface area (Å²) in [4.78, 5) is 21.9. The Hall–Kier alpha value is -2.94. The summed E-state index contributed by atoms with van der Waals surface area (Å²) in [6, 6.07) is 11.1. The highest BCUT2D eigenvalue weighted by Gasteiger charge is 2.22. The van der Waals surface area contributed by atoms with Crippen LogP contribution in [-0.4, -0.2) is 25.5 Å². The van der Waals surface area contributed by atoms with Crippen molar-refractivity contribution in [2.45, 2.75) is 31.7 Å². The lowest BCUT2D eigenvalue weighted by atomic mass is 10.1. The first-order valence-corrected chi connectivity index (χ1v) is 10.6. The number of amides is 1. The monoisotopic (exact) mass is 405 g/mol. The summed E-state index contributed by atoms with van der Waals surface area (Å²) in [6.45, 7) is 4.29. The quantitative estimate of drug-likeness (QED) is 0.512. The Balaban J connectivity index is 2.13. The van der Waals surface area contributed by atoms with Gasteiger partial charge in [-0.1, -0.05) is 26.0 Å². The number of sulfone groups is 1. The average molecular weight is 405 g/mol. The molecule has 0 spiro atoms. The molecule has 0 aliphatic heterocycles. The Morgan fingerprint density at radius 2 is 1.86 bits per heavy atom. The molecule has 9 heteroatoms. The fraction of sp³-hybridized carbons (Fsp3) is 0.316. The number of hydrogen-bond donors (Lipinski definition) is 2. The lowest BCUT2D eigenvalue weighted by Gasteiger charge is -2.11. The first-order valence-electron chi connectivity index (χ1n) is 8.67. The van der Waals surface area contributed by atoms with Crippen LogP contribution in [0.25, 0.3) is 0 Å². The highest BCUT2D eigenvalue weighted by Crippen LogP contribution is 2.27. The van der Waals surface area contributed by atoms with Gasteiger partial charge in [0, 0.05) is 36.7 Å². The predicted octanol–water partition coefficient (Wildman–Crippen LogP) is 3.60. The molecule has 2 N–H and O–H groups in total. The van der Waals surface area contributed by atoms with Gasteiger partial charge in [0.05, 0.1) is 4.92 Å². The van der Waals surface area contributed by atoms with E-state index in [9.17, 15) is 23.3 Å². The number of nitro groups is 1. The van der Waals surface area contributed by atoms with Crippen molar-refractivity contribution in [3.8, 4) is 0 Å². The second-order valence-electron chi connectivity index (χ2n) is 6.91. The third-order valence-electron chi connectivity index (χ3n) is 3.86. The molecule has 0 atom stereocenters. The van der Waals surface area contributed by atoms with E-state index in [1.165, 1.54) is 18.2 Å². The van der Waals surface area contributed by atoms with Gasteiger partial charge in [0.15, 0.2) is 9.84 Å². The van der Waals surface area contributed by atoms with Crippen molar-refractivity contribution in [1.29, 1.82) is 0 Å². The fourth-order valence-electron chi connectivity index (χ4n) is 2.62. The van der Waals surface area contributed by atoms with Gasteiger partial charge in [0.1, 0.15) is 4.90 Å². The molecule has 28 heavy (non-hydrogen) atoms. The molecular formula is C19H23N3O5S. The Labute approximate surface area is 164 Å². The van der Waals surface area contributed by atoms with Crippen LogP contribution in [0.1, 0.15) is 25.8 Å². The molecule has 0 saturated heterocycles. The van der Waals surface area contributed by atoms with E-state index in [2.05, 4.69) is 10.6 Å². The standard InChI is InChI=1S/C19H23N3O5S/c1-13(2)9-19(23)21-16-6-4-5-14(10-16)12-20-15-7-8-17(22(24)25)18(11-15)28(3,26)27/h4-8,10-11,13,20H,9,12H2,1-3H3,(H,21,23). The highest BCUT2D eigenvalue weighted by molar-refractivity contribution is 7.90. The number of carbonyl (C=O) groups excluding carboxylic acids is 1. The SMILES string of the molecule is CC(C)CC(=O)Nc1cccc(CNc2ccc([N+](=O)[O-])c(S(C)(=O)=O)c2)c1. The molecule has 2 aromatic carbocycles. The molecule has 0 aromatic heterocycles. The van der Waals surface area contributed by atoms with Crippen molar-refractivity contribution >= 4 is 32.8 Å². The molecule has 0 radical (unpaired) electrons. The van der Waals surface area contributed by atoms with Crippen LogP contribution in [0.5, 0.6) is 0 Å². The Kier molecular flexibility index (Phi) is 6.74. The number of anilines is 2. The van der Waals surface area contributed by atoms with Crippen molar-refractivity contribution < 1.29 is 18.1 Å². The van der Waals surface area contributed by atoms with Gasteiger partial charge in [-0.3, -0.25) is 14.9 Å². The Morgan fingerprint density at radius 1 is 1.14 bits per heavy atom. The van der Waals surface area contributed by atoms with Gasteiger partial charge < -0.3 is 10.6 Å². The summed E-state index contributed by atoms with van der Waals surface area (Å²) in [6.07, 6.45) is 1.36. The molecule has 1 amide bonds. The third-order valence-corrected chi connectivity index (χ3v) is 4.98. The molecule has 8 nitrogen and oxygen atoms in total. The second-order valence-corrected chi connectivity index (χ2v) is 8.90. The predicted molar refractivity (Wildman–Crippen MR) is 108 cm³/mol. The van der Waals surface area contributed by atoms with E-state index < -0.39 is 20.4 Å². The third kappa shape index (κ3) is 6.05. The maximum absolute atomic E-state index is 11.9. The number of hydrogen-bond acceptors (Lipinski definition) is 6. The van der Waals surface area contributed by atoms with E-state index in [1.54, 1.807) is 12.1 Å². The number of nitro benzene ring substituents is 1. The minimum absolute atomic E-state index is 0.0618. The van der Waals surface area contributed by atoms with E-state index in [-0.39, 0.29) is 16.7 Å². The van der Waals surface area contributed by atoms with E-state index in [0.29, 0.717) is 24.3 Å². The molecule has 0 heterocycles.